The Labute approximate surface area is 130 Å². The zero-order chi connectivity index (χ0) is 14.7. The quantitative estimate of drug-likeness (QED) is 0.922. The van der Waals surface area contributed by atoms with Gasteiger partial charge < -0.3 is 14.8 Å². The molecule has 1 fully saturated rings. The number of benzene rings is 1. The summed E-state index contributed by atoms with van der Waals surface area (Å²) in [5.41, 5.74) is 2.13. The SMILES string of the molecule is CC(C)CC1CSC(Nc2ccc(C3OCCO3)cc2)=N1. The van der Waals surface area contributed by atoms with Gasteiger partial charge in [0.2, 0.25) is 0 Å². The zero-order valence-corrected chi connectivity index (χ0v) is 13.4. The molecule has 1 aromatic rings. The number of thioether (sulfide) groups is 1. The number of anilines is 1. The molecule has 114 valence electrons. The highest BCUT2D eigenvalue weighted by Gasteiger charge is 2.20. The van der Waals surface area contributed by atoms with Crippen LogP contribution < -0.4 is 5.32 Å². The highest BCUT2D eigenvalue weighted by atomic mass is 32.2. The molecule has 1 saturated heterocycles. The standard InChI is InChI=1S/C16H22N2O2S/c1-11(2)9-14-10-21-16(18-14)17-13-5-3-12(4-6-13)15-19-7-8-20-15/h3-6,11,14-15H,7-10H2,1-2H3,(H,17,18). The van der Waals surface area contributed by atoms with Crippen LogP contribution in [0.25, 0.3) is 0 Å². The van der Waals surface area contributed by atoms with E-state index in [1.54, 1.807) is 11.8 Å². The molecule has 0 saturated carbocycles. The second-order valence-electron chi connectivity index (χ2n) is 5.85. The minimum atomic E-state index is -0.201. The van der Waals surface area contributed by atoms with Crippen molar-refractivity contribution in [2.45, 2.75) is 32.6 Å². The average Bonchev–Trinajstić information content (AvgIpc) is 3.11. The zero-order valence-electron chi connectivity index (χ0n) is 12.5. The fraction of sp³-hybridized carbons (Fsp3) is 0.562. The Bertz CT molecular complexity index is 496. The molecule has 0 amide bonds. The molecule has 3 rings (SSSR count). The second kappa shape index (κ2) is 6.81. The van der Waals surface area contributed by atoms with E-state index in [0.29, 0.717) is 25.2 Å². The van der Waals surface area contributed by atoms with Crippen molar-refractivity contribution in [3.8, 4) is 0 Å². The van der Waals surface area contributed by atoms with E-state index in [-0.39, 0.29) is 6.29 Å². The van der Waals surface area contributed by atoms with Crippen LogP contribution in [-0.4, -0.2) is 30.2 Å². The van der Waals surface area contributed by atoms with Gasteiger partial charge in [0.25, 0.3) is 0 Å². The molecule has 2 aliphatic heterocycles. The van der Waals surface area contributed by atoms with Gasteiger partial charge in [-0.05, 0) is 24.5 Å². The molecule has 0 aliphatic carbocycles. The monoisotopic (exact) mass is 306 g/mol. The first kappa shape index (κ1) is 14.9. The van der Waals surface area contributed by atoms with E-state index >= 15 is 0 Å². The predicted molar refractivity (Wildman–Crippen MR) is 87.8 cm³/mol. The van der Waals surface area contributed by atoms with E-state index in [1.807, 2.05) is 12.1 Å². The van der Waals surface area contributed by atoms with E-state index in [0.717, 1.165) is 28.6 Å². The number of amidine groups is 1. The highest BCUT2D eigenvalue weighted by molar-refractivity contribution is 8.14. The number of nitrogens with zero attached hydrogens (tertiary/aromatic N) is 1. The molecule has 0 radical (unpaired) electrons. The molecule has 21 heavy (non-hydrogen) atoms. The molecular formula is C16H22N2O2S. The minimum absolute atomic E-state index is 0.201. The molecule has 0 aromatic heterocycles. The third kappa shape index (κ3) is 3.99. The Kier molecular flexibility index (Phi) is 4.83. The fourth-order valence-corrected chi connectivity index (χ4v) is 3.52. The van der Waals surface area contributed by atoms with Gasteiger partial charge in [-0.1, -0.05) is 37.7 Å². The van der Waals surface area contributed by atoms with Crippen molar-refractivity contribution in [2.75, 3.05) is 24.3 Å². The van der Waals surface area contributed by atoms with E-state index in [4.69, 9.17) is 14.5 Å². The summed E-state index contributed by atoms with van der Waals surface area (Å²) in [5, 5.41) is 4.42. The summed E-state index contributed by atoms with van der Waals surface area (Å²) in [6.45, 7) is 5.85. The molecule has 0 spiro atoms. The first-order chi connectivity index (χ1) is 10.2. The van der Waals surface area contributed by atoms with Gasteiger partial charge in [-0.2, -0.15) is 0 Å². The molecule has 2 aliphatic rings. The summed E-state index contributed by atoms with van der Waals surface area (Å²) in [6, 6.07) is 8.66. The summed E-state index contributed by atoms with van der Waals surface area (Å²) in [5.74, 6) is 1.78. The summed E-state index contributed by atoms with van der Waals surface area (Å²) in [7, 11) is 0. The maximum atomic E-state index is 5.49. The normalized spacial score (nSPS) is 22.8. The van der Waals surface area contributed by atoms with Crippen LogP contribution in [0.2, 0.25) is 0 Å². The van der Waals surface area contributed by atoms with Gasteiger partial charge in [0, 0.05) is 17.0 Å². The third-order valence-electron chi connectivity index (χ3n) is 3.51. The van der Waals surface area contributed by atoms with Gasteiger partial charge in [-0.15, -0.1) is 0 Å². The largest absolute Gasteiger partial charge is 0.346 e. The predicted octanol–water partition coefficient (Wildman–Crippen LogP) is 3.66. The van der Waals surface area contributed by atoms with E-state index in [1.165, 1.54) is 0 Å². The molecule has 1 aromatic carbocycles. The molecule has 2 heterocycles. The first-order valence-electron chi connectivity index (χ1n) is 7.51. The molecule has 1 N–H and O–H groups in total. The maximum absolute atomic E-state index is 5.49. The number of hydrogen-bond acceptors (Lipinski definition) is 5. The van der Waals surface area contributed by atoms with Crippen molar-refractivity contribution in [1.29, 1.82) is 0 Å². The van der Waals surface area contributed by atoms with Crippen LogP contribution >= 0.6 is 11.8 Å². The number of nitrogens with one attached hydrogen (secondary N) is 1. The van der Waals surface area contributed by atoms with Crippen molar-refractivity contribution in [2.24, 2.45) is 10.9 Å². The van der Waals surface area contributed by atoms with E-state index < -0.39 is 0 Å². The van der Waals surface area contributed by atoms with Gasteiger partial charge in [-0.25, -0.2) is 0 Å². The number of aliphatic imine (C=N–C) groups is 1. The van der Waals surface area contributed by atoms with Crippen LogP contribution in [0.4, 0.5) is 5.69 Å². The second-order valence-corrected chi connectivity index (χ2v) is 6.86. The maximum Gasteiger partial charge on any atom is 0.184 e. The smallest absolute Gasteiger partial charge is 0.184 e. The van der Waals surface area contributed by atoms with Crippen molar-refractivity contribution in [1.82, 2.24) is 0 Å². The highest BCUT2D eigenvalue weighted by Crippen LogP contribution is 2.26. The summed E-state index contributed by atoms with van der Waals surface area (Å²) in [4.78, 5) is 4.74. The van der Waals surface area contributed by atoms with Crippen LogP contribution in [0.1, 0.15) is 32.1 Å². The topological polar surface area (TPSA) is 42.8 Å². The van der Waals surface area contributed by atoms with Crippen LogP contribution in [0.3, 0.4) is 0 Å². The van der Waals surface area contributed by atoms with Gasteiger partial charge in [0.05, 0.1) is 19.3 Å². The molecule has 0 bridgehead atoms. The van der Waals surface area contributed by atoms with Crippen LogP contribution in [-0.2, 0) is 9.47 Å². The molecule has 1 unspecified atom stereocenters. The van der Waals surface area contributed by atoms with Crippen LogP contribution in [0, 0.1) is 5.92 Å². The van der Waals surface area contributed by atoms with Crippen molar-refractivity contribution in [3.63, 3.8) is 0 Å². The third-order valence-corrected chi connectivity index (χ3v) is 4.54. The Morgan fingerprint density at radius 1 is 1.24 bits per heavy atom. The van der Waals surface area contributed by atoms with Gasteiger partial charge in [0.15, 0.2) is 11.5 Å². The van der Waals surface area contributed by atoms with E-state index in [9.17, 15) is 0 Å². The lowest BCUT2D eigenvalue weighted by molar-refractivity contribution is -0.0441. The van der Waals surface area contributed by atoms with Crippen molar-refractivity contribution in [3.05, 3.63) is 29.8 Å². The Balaban J connectivity index is 1.58. The lowest BCUT2D eigenvalue weighted by Gasteiger charge is -2.10. The molecular weight excluding hydrogens is 284 g/mol. The lowest BCUT2D eigenvalue weighted by Crippen LogP contribution is -2.08. The van der Waals surface area contributed by atoms with Crippen LogP contribution in [0.15, 0.2) is 29.3 Å². The lowest BCUT2D eigenvalue weighted by atomic mass is 10.1. The van der Waals surface area contributed by atoms with Crippen molar-refractivity contribution < 1.29 is 9.47 Å². The van der Waals surface area contributed by atoms with Gasteiger partial charge in [0.1, 0.15) is 0 Å². The molecule has 5 heteroatoms. The number of ether oxygens (including phenoxy) is 2. The number of rotatable bonds is 4. The fourth-order valence-electron chi connectivity index (χ4n) is 2.55. The minimum Gasteiger partial charge on any atom is -0.346 e. The summed E-state index contributed by atoms with van der Waals surface area (Å²) >= 11 is 1.81. The Morgan fingerprint density at radius 2 is 1.95 bits per heavy atom. The first-order valence-corrected chi connectivity index (χ1v) is 8.50. The average molecular weight is 306 g/mol. The van der Waals surface area contributed by atoms with Gasteiger partial charge >= 0.3 is 0 Å². The molecule has 4 nitrogen and oxygen atoms in total. The molecule has 1 atom stereocenters. The van der Waals surface area contributed by atoms with E-state index in [2.05, 4.69) is 31.3 Å². The number of hydrogen-bond donors (Lipinski definition) is 1. The van der Waals surface area contributed by atoms with Crippen molar-refractivity contribution >= 4 is 22.6 Å². The summed E-state index contributed by atoms with van der Waals surface area (Å²) in [6.07, 6.45) is 0.959. The van der Waals surface area contributed by atoms with Crippen LogP contribution in [0.5, 0.6) is 0 Å². The Hall–Kier alpha value is -1.04. The van der Waals surface area contributed by atoms with Gasteiger partial charge in [-0.3, -0.25) is 4.99 Å². The summed E-state index contributed by atoms with van der Waals surface area (Å²) < 4.78 is 11.0. The Morgan fingerprint density at radius 3 is 2.62 bits per heavy atom.